The van der Waals surface area contributed by atoms with Gasteiger partial charge in [-0.1, -0.05) is 175 Å². The lowest BCUT2D eigenvalue weighted by molar-refractivity contribution is -0.381. The highest BCUT2D eigenvalue weighted by molar-refractivity contribution is 5.30. The largest absolute Gasteiger partial charge is 0.394 e. The van der Waals surface area contributed by atoms with Crippen LogP contribution in [0.1, 0.15) is 307 Å². The van der Waals surface area contributed by atoms with Crippen molar-refractivity contribution in [3.8, 4) is 0 Å². The van der Waals surface area contributed by atoms with Crippen LogP contribution in [0.2, 0.25) is 0 Å². The van der Waals surface area contributed by atoms with Gasteiger partial charge in [-0.15, -0.1) is 0 Å². The Kier molecular flexibility index (Phi) is 34.2. The molecule has 0 aromatic rings. The predicted octanol–water partition coefficient (Wildman–Crippen LogP) is 11.2. The Balaban J connectivity index is 0.000000171. The van der Waals surface area contributed by atoms with Gasteiger partial charge in [0.2, 0.25) is 0 Å². The quantitative estimate of drug-likeness (QED) is 0.0354. The van der Waals surface area contributed by atoms with Gasteiger partial charge >= 0.3 is 0 Å². The first-order chi connectivity index (χ1) is 66.0. The zero-order valence-electron chi connectivity index (χ0n) is 90.0. The molecule has 0 bridgehead atoms. The lowest BCUT2D eigenvalue weighted by Gasteiger charge is -2.72. The normalized spacial score (nSPS) is 52.2. The molecule has 3 unspecified atom stereocenters. The van der Waals surface area contributed by atoms with E-state index in [1.54, 1.807) is 0 Å². The Hall–Kier alpha value is -2.68. The summed E-state index contributed by atoms with van der Waals surface area (Å²) in [7, 11) is 0. The lowest BCUT2D eigenvalue weighted by Crippen LogP contribution is -2.71. The molecule has 0 spiro atoms. The maximum absolute atomic E-state index is 12.2. The summed E-state index contributed by atoms with van der Waals surface area (Å²) in [6.07, 6.45) is -4.57. The first-order valence-electron chi connectivity index (χ1n) is 54.6. The molecule has 28 heteroatoms. The highest BCUT2D eigenvalue weighted by Crippen LogP contribution is 2.81. The number of ether oxygens (including phenoxy) is 8. The van der Waals surface area contributed by atoms with Crippen molar-refractivity contribution in [1.29, 1.82) is 0 Å². The Morgan fingerprint density at radius 1 is 0.324 bits per heavy atom. The van der Waals surface area contributed by atoms with Gasteiger partial charge in [-0.3, -0.25) is 0 Å². The molecule has 16 rings (SSSR count). The molecule has 28 nitrogen and oxygen atoms in total. The van der Waals surface area contributed by atoms with Crippen LogP contribution in [0, 0.1) is 136 Å². The minimum absolute atomic E-state index is 0.00685. The van der Waals surface area contributed by atoms with Crippen molar-refractivity contribution in [2.45, 2.75) is 485 Å². The number of rotatable bonds is 22. The van der Waals surface area contributed by atoms with Gasteiger partial charge in [0.1, 0.15) is 91.6 Å². The van der Waals surface area contributed by atoms with Crippen LogP contribution in [0.3, 0.4) is 0 Å². The number of hydrogen-bond acceptors (Lipinski definition) is 28. The smallest absolute Gasteiger partial charge is 0.187 e. The third-order valence-corrected chi connectivity index (χ3v) is 43.9. The Labute approximate surface area is 847 Å². The molecule has 4 heterocycles. The second-order valence-corrected chi connectivity index (χ2v) is 53.1. The fourth-order valence-electron chi connectivity index (χ4n) is 36.0. The van der Waals surface area contributed by atoms with E-state index in [0.29, 0.717) is 63.7 Å². The molecule has 4 aliphatic heterocycles. The van der Waals surface area contributed by atoms with Crippen LogP contribution in [0.15, 0.2) is 70.9 Å². The van der Waals surface area contributed by atoms with E-state index in [1.165, 1.54) is 40.4 Å². The van der Waals surface area contributed by atoms with Gasteiger partial charge < -0.3 is 140 Å². The molecule has 16 fully saturated rings. The average molecular weight is 2010 g/mol. The fraction of sp³-hybridized carbons (Fsp3) is 0.895. The second-order valence-electron chi connectivity index (χ2n) is 53.1. The van der Waals surface area contributed by atoms with E-state index in [9.17, 15) is 102 Å². The summed E-state index contributed by atoms with van der Waals surface area (Å²) in [4.78, 5) is 0. The standard InChI is InChI=1S/C42H70O12.2C36H60O8/c1-20(2)11-10-12-21(3)23-13-16-41(8)29(23)24(44)17-27-40(7)15-14-28(45)39(5,6)36(40)25(18-42(27,41)9)52-38-35(33(49)31(47)26(19-43)53-38)54-37-34(50)32(48)30(46)22(4)51-37;2*1-19(2)10-9-11-20(3)21-12-15-35(7)27(21)22(38)16-25-34(6)14-13-26(39)33(4,5)31(34)23(17-36(25,35)8)43-32-30(42)29(41)28(40)24(18-37)44-32/h11,22-38,43-50H,3,10,12-19H2,1-2,4-9H3;10-11,21-32,37-42H,9,12-18H2,1-8H3;10,21-32,37-42H,3,9,11-18H2,1-2,4-8H3/b;20-11-;/t22-,23+,24+,25-,26+,27+,28-,29-,30-,31+,32+,33-,34-,35+,36-,37+,38?,40+,41+,42+;2*21-,22-,23+,24-,25-,26+,27+,28-,29+,30-,31+,32?,34-,35-,36-/m011/s1. The summed E-state index contributed by atoms with van der Waals surface area (Å²) in [6.45, 7) is 57.6. The van der Waals surface area contributed by atoms with Crippen LogP contribution < -0.4 is 0 Å². The maximum atomic E-state index is 12.2. The van der Waals surface area contributed by atoms with Crippen molar-refractivity contribution in [3.63, 3.8) is 0 Å². The van der Waals surface area contributed by atoms with Crippen LogP contribution in [-0.4, -0.2) is 300 Å². The van der Waals surface area contributed by atoms with Gasteiger partial charge in [-0.25, -0.2) is 0 Å². The summed E-state index contributed by atoms with van der Waals surface area (Å²) in [6, 6.07) is 0. The molecule has 12 saturated carbocycles. The highest BCUT2D eigenvalue weighted by Gasteiger charge is 2.78. The summed E-state index contributed by atoms with van der Waals surface area (Å²) < 4.78 is 50.4. The zero-order valence-corrected chi connectivity index (χ0v) is 90.0. The molecule has 12 aliphatic carbocycles. The summed E-state index contributed by atoms with van der Waals surface area (Å²) in [5, 5.41) is 219. The summed E-state index contributed by atoms with van der Waals surface area (Å²) in [5.41, 5.74) is 3.64. The van der Waals surface area contributed by atoms with E-state index in [0.717, 1.165) is 89.9 Å². The van der Waals surface area contributed by atoms with Gasteiger partial charge in [0.05, 0.1) is 80.9 Å². The minimum Gasteiger partial charge on any atom is -0.394 e. The molecule has 0 aromatic carbocycles. The summed E-state index contributed by atoms with van der Waals surface area (Å²) >= 11 is 0. The third-order valence-electron chi connectivity index (χ3n) is 43.9. The second kappa shape index (κ2) is 42.3. The van der Waals surface area contributed by atoms with Crippen LogP contribution in [0.4, 0.5) is 0 Å². The van der Waals surface area contributed by atoms with Gasteiger partial charge in [0.15, 0.2) is 25.2 Å². The van der Waals surface area contributed by atoms with Gasteiger partial charge in [-0.05, 0) is 339 Å². The maximum Gasteiger partial charge on any atom is 0.187 e. The zero-order chi connectivity index (χ0) is 105. The summed E-state index contributed by atoms with van der Waals surface area (Å²) in [5.74, 6) is 0.970. The molecule has 0 aromatic heterocycles. The topological polar surface area (TPSA) is 478 Å². The molecule has 0 radical (unpaired) electrons. The van der Waals surface area contributed by atoms with Crippen molar-refractivity contribution in [2.24, 2.45) is 136 Å². The molecule has 20 N–H and O–H groups in total. The molecule has 50 atom stereocenters. The van der Waals surface area contributed by atoms with Crippen LogP contribution >= 0.6 is 0 Å². The Morgan fingerprint density at radius 2 is 0.620 bits per heavy atom. The van der Waals surface area contributed by atoms with E-state index < -0.39 is 214 Å². The SMILES string of the molecule is C=C(CCC=C(C)C)[C@H]1CC[C@]2(C)[C@@H]1[C@H](O)C[C@@H]1[C@@]3(C)CC[C@H](O)C(C)(C)[C@@H]3[C@@H](OC3O[C@H](CO)[C@@H](O)[C@H](O)[C@H]3O)C[C@]12C.C=C(CCC=C(C)C)[C@H]1CC[C@]2(C)[C@@H]1[C@H](O)C[C@@H]1[C@@]3(C)CC[C@H](O)C(C)(C)[C@@H]3[C@@H](OC3O[C@H](CO)[C@@H](O)[C@H](O)[C@H]3O[C@H]3O[C@@H](C)[C@H](O)[C@@H](O)[C@@H]3O)C[C@]12C.CC(C)=CC/C=C(/C)[C@H]1CC[C@]2(C)[C@@H]1[C@H](O)C[C@@H]1[C@@]3(C)CC[C@H](O)C(C)(C)[C@@H]3[C@@H](OC3O[C@H](CO)[C@@H](O)[C@H](O)[C@H]3O)C[C@]12C. The molecule has 814 valence electrons. The number of allylic oxidation sites excluding steroid dienone is 10. The number of aliphatic hydroxyl groups is 20. The monoisotopic (exact) mass is 2010 g/mol. The van der Waals surface area contributed by atoms with Gasteiger partial charge in [-0.2, -0.15) is 0 Å². The van der Waals surface area contributed by atoms with Crippen molar-refractivity contribution >= 4 is 0 Å². The van der Waals surface area contributed by atoms with E-state index in [-0.39, 0.29) is 114 Å². The van der Waals surface area contributed by atoms with Crippen molar-refractivity contribution in [1.82, 2.24) is 0 Å². The molecule has 0 amide bonds. The number of fused-ring (bicyclic) bond motifs is 15. The molecular formula is C114H190O28. The van der Waals surface area contributed by atoms with Crippen LogP contribution in [-0.2, 0) is 37.9 Å². The first kappa shape index (κ1) is 115. The number of aliphatic hydroxyl groups excluding tert-OH is 20. The lowest BCUT2D eigenvalue weighted by atomic mass is 9.34. The van der Waals surface area contributed by atoms with Crippen molar-refractivity contribution in [2.75, 3.05) is 19.8 Å². The Bertz CT molecular complexity index is 4460. The van der Waals surface area contributed by atoms with Gasteiger partial charge in [0, 0.05) is 0 Å². The fourth-order valence-corrected chi connectivity index (χ4v) is 36.0. The van der Waals surface area contributed by atoms with E-state index in [1.807, 2.05) is 0 Å². The van der Waals surface area contributed by atoms with E-state index >= 15 is 0 Å². The number of hydrogen-bond donors (Lipinski definition) is 20. The van der Waals surface area contributed by atoms with E-state index in [2.05, 4.69) is 190 Å². The predicted molar refractivity (Wildman–Crippen MR) is 536 cm³/mol. The van der Waals surface area contributed by atoms with Gasteiger partial charge in [0.25, 0.3) is 0 Å². The van der Waals surface area contributed by atoms with Crippen molar-refractivity contribution in [3.05, 3.63) is 70.9 Å². The molecule has 142 heavy (non-hydrogen) atoms. The molecule has 4 saturated heterocycles. The molecular weight excluding hydrogens is 1820 g/mol. The van der Waals surface area contributed by atoms with Crippen molar-refractivity contribution < 1.29 is 140 Å². The molecule has 16 aliphatic rings. The van der Waals surface area contributed by atoms with E-state index in [4.69, 9.17) is 37.9 Å². The first-order valence-corrected chi connectivity index (χ1v) is 54.6. The average Bonchev–Trinajstić information content (AvgIpc) is 1.29. The Morgan fingerprint density at radius 3 is 0.951 bits per heavy atom. The third kappa shape index (κ3) is 19.3. The van der Waals surface area contributed by atoms with Crippen LogP contribution in [0.25, 0.3) is 0 Å². The highest BCUT2D eigenvalue weighted by atomic mass is 16.8. The minimum atomic E-state index is -1.68. The van der Waals surface area contributed by atoms with Crippen LogP contribution in [0.5, 0.6) is 0 Å².